The van der Waals surface area contributed by atoms with E-state index in [9.17, 15) is 0 Å². The van der Waals surface area contributed by atoms with Crippen LogP contribution < -0.4 is 10.6 Å². The highest BCUT2D eigenvalue weighted by Gasteiger charge is 2.07. The fraction of sp³-hybridized carbons (Fsp3) is 0.381. The van der Waals surface area contributed by atoms with Crippen LogP contribution in [0.3, 0.4) is 0 Å². The molecular formula is C21H29IN6O. The van der Waals surface area contributed by atoms with Gasteiger partial charge in [0.15, 0.2) is 11.7 Å². The van der Waals surface area contributed by atoms with Gasteiger partial charge in [-0.1, -0.05) is 31.1 Å². The molecule has 0 spiro atoms. The van der Waals surface area contributed by atoms with E-state index in [0.29, 0.717) is 12.5 Å². The van der Waals surface area contributed by atoms with Gasteiger partial charge in [-0.2, -0.15) is 5.10 Å². The van der Waals surface area contributed by atoms with E-state index in [2.05, 4.69) is 70.9 Å². The van der Waals surface area contributed by atoms with Crippen molar-refractivity contribution in [2.24, 2.45) is 4.99 Å². The summed E-state index contributed by atoms with van der Waals surface area (Å²) in [6, 6.07) is 12.3. The zero-order valence-corrected chi connectivity index (χ0v) is 19.5. The number of rotatable bonds is 8. The molecule has 2 heterocycles. The second kappa shape index (κ2) is 11.6. The maximum atomic E-state index is 5.35. The summed E-state index contributed by atoms with van der Waals surface area (Å²) in [5.41, 5.74) is 3.28. The van der Waals surface area contributed by atoms with E-state index in [-0.39, 0.29) is 24.0 Å². The van der Waals surface area contributed by atoms with E-state index in [1.807, 2.05) is 23.0 Å². The largest absolute Gasteiger partial charge is 0.359 e. The summed E-state index contributed by atoms with van der Waals surface area (Å²) in [5, 5.41) is 15.0. The average molecular weight is 508 g/mol. The molecule has 7 nitrogen and oxygen atoms in total. The minimum Gasteiger partial charge on any atom is -0.359 e. The smallest absolute Gasteiger partial charge is 0.191 e. The Labute approximate surface area is 189 Å². The quantitative estimate of drug-likeness (QED) is 0.274. The summed E-state index contributed by atoms with van der Waals surface area (Å²) in [5.74, 6) is 1.90. The molecule has 0 fully saturated rings. The van der Waals surface area contributed by atoms with Gasteiger partial charge in [-0.05, 0) is 43.0 Å². The molecule has 0 aliphatic carbocycles. The van der Waals surface area contributed by atoms with Gasteiger partial charge in [0.1, 0.15) is 6.54 Å². The molecule has 0 bridgehead atoms. The maximum absolute atomic E-state index is 5.35. The minimum absolute atomic E-state index is 0. The Morgan fingerprint density at radius 3 is 2.62 bits per heavy atom. The van der Waals surface area contributed by atoms with E-state index in [1.165, 1.54) is 5.56 Å². The van der Waals surface area contributed by atoms with Crippen molar-refractivity contribution in [3.63, 3.8) is 0 Å². The summed E-state index contributed by atoms with van der Waals surface area (Å²) >= 11 is 0. The first-order chi connectivity index (χ1) is 13.7. The Morgan fingerprint density at radius 2 is 2.00 bits per heavy atom. The van der Waals surface area contributed by atoms with E-state index < -0.39 is 0 Å². The molecule has 0 aliphatic rings. The van der Waals surface area contributed by atoms with Crippen LogP contribution >= 0.6 is 24.0 Å². The van der Waals surface area contributed by atoms with Gasteiger partial charge in [0, 0.05) is 31.5 Å². The third-order valence-electron chi connectivity index (χ3n) is 4.32. The third kappa shape index (κ3) is 6.88. The normalized spacial score (nSPS) is 11.4. The van der Waals surface area contributed by atoms with Crippen molar-refractivity contribution >= 4 is 29.9 Å². The molecule has 156 valence electrons. The van der Waals surface area contributed by atoms with Crippen LogP contribution in [0.4, 0.5) is 0 Å². The molecule has 3 rings (SSSR count). The van der Waals surface area contributed by atoms with Crippen LogP contribution in [0.15, 0.2) is 58.3 Å². The van der Waals surface area contributed by atoms with Gasteiger partial charge in [0.2, 0.25) is 0 Å². The highest BCUT2D eigenvalue weighted by atomic mass is 127. The van der Waals surface area contributed by atoms with Crippen molar-refractivity contribution in [1.29, 1.82) is 0 Å². The van der Waals surface area contributed by atoms with E-state index in [0.717, 1.165) is 42.6 Å². The average Bonchev–Trinajstić information content (AvgIpc) is 3.39. The molecule has 0 saturated carbocycles. The first-order valence-corrected chi connectivity index (χ1v) is 9.72. The second-order valence-corrected chi connectivity index (χ2v) is 6.86. The lowest BCUT2D eigenvalue weighted by Crippen LogP contribution is -2.38. The third-order valence-corrected chi connectivity index (χ3v) is 4.32. The number of aliphatic imine (C=N–C) groups is 1. The summed E-state index contributed by atoms with van der Waals surface area (Å²) in [6.07, 6.45) is 4.62. The number of hydrogen-bond donors (Lipinski definition) is 2. The molecule has 0 amide bonds. The lowest BCUT2D eigenvalue weighted by Gasteiger charge is -2.11. The van der Waals surface area contributed by atoms with Crippen molar-refractivity contribution in [2.45, 2.75) is 39.7 Å². The van der Waals surface area contributed by atoms with Gasteiger partial charge in [0.05, 0.1) is 11.4 Å². The van der Waals surface area contributed by atoms with Crippen molar-refractivity contribution in [3.8, 4) is 5.69 Å². The molecule has 0 aliphatic heterocycles. The Kier molecular flexibility index (Phi) is 9.17. The first kappa shape index (κ1) is 22.9. The number of halogens is 1. The number of nitrogens with zero attached hydrogens (tertiary/aromatic N) is 4. The Morgan fingerprint density at radius 1 is 1.21 bits per heavy atom. The molecule has 2 aromatic heterocycles. The van der Waals surface area contributed by atoms with E-state index in [1.54, 1.807) is 6.20 Å². The van der Waals surface area contributed by atoms with Crippen LogP contribution in [0.2, 0.25) is 0 Å². The Bertz CT molecular complexity index is 871. The van der Waals surface area contributed by atoms with Crippen molar-refractivity contribution in [1.82, 2.24) is 25.6 Å². The molecule has 3 aromatic rings. The van der Waals surface area contributed by atoms with Gasteiger partial charge < -0.3 is 15.2 Å². The number of hydrogen-bond acceptors (Lipinski definition) is 4. The van der Waals surface area contributed by atoms with Gasteiger partial charge in [-0.3, -0.25) is 0 Å². The Hall–Kier alpha value is -2.36. The highest BCUT2D eigenvalue weighted by Crippen LogP contribution is 2.14. The number of benzene rings is 1. The summed E-state index contributed by atoms with van der Waals surface area (Å²) in [7, 11) is 0. The lowest BCUT2D eigenvalue weighted by molar-refractivity contribution is 0.376. The van der Waals surface area contributed by atoms with E-state index >= 15 is 0 Å². The van der Waals surface area contributed by atoms with Crippen molar-refractivity contribution in [3.05, 3.63) is 65.8 Å². The van der Waals surface area contributed by atoms with Crippen molar-refractivity contribution < 1.29 is 4.52 Å². The van der Waals surface area contributed by atoms with Crippen LogP contribution in [0, 0.1) is 0 Å². The SMILES string of the molecule is CCNC(=NCc1cc(C(C)C)no1)NCCc1ccc(-n2cccn2)cc1.I. The zero-order valence-electron chi connectivity index (χ0n) is 17.1. The topological polar surface area (TPSA) is 80.3 Å². The van der Waals surface area contributed by atoms with Crippen LogP contribution in [-0.4, -0.2) is 34.0 Å². The van der Waals surface area contributed by atoms with Crippen LogP contribution in [-0.2, 0) is 13.0 Å². The van der Waals surface area contributed by atoms with Crippen LogP contribution in [0.1, 0.15) is 43.7 Å². The predicted molar refractivity (Wildman–Crippen MR) is 126 cm³/mol. The molecule has 0 saturated heterocycles. The van der Waals surface area contributed by atoms with Gasteiger partial charge >= 0.3 is 0 Å². The molecule has 0 unspecified atom stereocenters. The van der Waals surface area contributed by atoms with Crippen molar-refractivity contribution in [2.75, 3.05) is 13.1 Å². The maximum Gasteiger partial charge on any atom is 0.191 e. The molecule has 8 heteroatoms. The van der Waals surface area contributed by atoms with Gasteiger partial charge in [-0.15, -0.1) is 24.0 Å². The number of guanidine groups is 1. The van der Waals surface area contributed by atoms with Gasteiger partial charge in [0.25, 0.3) is 0 Å². The minimum atomic E-state index is 0. The molecule has 2 N–H and O–H groups in total. The Balaban J connectivity index is 0.00000300. The lowest BCUT2D eigenvalue weighted by atomic mass is 10.1. The molecule has 0 atom stereocenters. The second-order valence-electron chi connectivity index (χ2n) is 6.86. The van der Waals surface area contributed by atoms with E-state index in [4.69, 9.17) is 4.52 Å². The monoisotopic (exact) mass is 508 g/mol. The summed E-state index contributed by atoms with van der Waals surface area (Å²) < 4.78 is 7.20. The summed E-state index contributed by atoms with van der Waals surface area (Å²) in [6.45, 7) is 8.30. The van der Waals surface area contributed by atoms with Crippen LogP contribution in [0.25, 0.3) is 5.69 Å². The molecule has 1 aromatic carbocycles. The zero-order chi connectivity index (χ0) is 19.8. The predicted octanol–water partition coefficient (Wildman–Crippen LogP) is 3.90. The number of nitrogens with one attached hydrogen (secondary N) is 2. The standard InChI is InChI=1S/C21H28N6O.HI/c1-4-22-21(24-15-19-14-20(16(2)3)26-28-19)23-12-10-17-6-8-18(9-7-17)27-13-5-11-25-27;/h5-9,11,13-14,16H,4,10,12,15H2,1-3H3,(H2,22,23,24);1H. The fourth-order valence-corrected chi connectivity index (χ4v) is 2.74. The first-order valence-electron chi connectivity index (χ1n) is 9.72. The number of aromatic nitrogens is 3. The summed E-state index contributed by atoms with van der Waals surface area (Å²) in [4.78, 5) is 4.58. The van der Waals surface area contributed by atoms with Gasteiger partial charge in [-0.25, -0.2) is 9.67 Å². The molecule has 0 radical (unpaired) electrons. The fourth-order valence-electron chi connectivity index (χ4n) is 2.74. The molecular weight excluding hydrogens is 479 g/mol. The van der Waals surface area contributed by atoms with Crippen LogP contribution in [0.5, 0.6) is 0 Å². The molecule has 29 heavy (non-hydrogen) atoms. The highest BCUT2D eigenvalue weighted by molar-refractivity contribution is 14.0.